The molecule has 0 radical (unpaired) electrons. The van der Waals surface area contributed by atoms with Crippen LogP contribution in [0.15, 0.2) is 18.9 Å². The highest BCUT2D eigenvalue weighted by Crippen LogP contribution is 2.37. The van der Waals surface area contributed by atoms with Gasteiger partial charge in [0.25, 0.3) is 5.91 Å². The SMILES string of the molecule is C=CCOC[C@H](CO[Si](C)(C)C(C)(C)C)N(C)C(=O)c1[nH]cc2c1CN(C(=O)OC(C)(C)C)[C@H](C)C2. The molecule has 2 atom stereocenters. The van der Waals surface area contributed by atoms with Crippen molar-refractivity contribution in [2.45, 2.75) is 97.2 Å². The Morgan fingerprint density at radius 1 is 1.25 bits per heavy atom. The topological polar surface area (TPSA) is 84.1 Å². The second-order valence-electron chi connectivity index (χ2n) is 12.3. The maximum atomic E-state index is 13.7. The third-order valence-electron chi connectivity index (χ3n) is 7.15. The largest absolute Gasteiger partial charge is 0.444 e. The average molecular weight is 522 g/mol. The second kappa shape index (κ2) is 11.5. The van der Waals surface area contributed by atoms with Crippen molar-refractivity contribution in [1.82, 2.24) is 14.8 Å². The number of nitrogens with one attached hydrogen (secondary N) is 1. The summed E-state index contributed by atoms with van der Waals surface area (Å²) in [5, 5.41) is 0.0580. The van der Waals surface area contributed by atoms with Crippen molar-refractivity contribution in [2.24, 2.45) is 0 Å². The Kier molecular flexibility index (Phi) is 9.64. The molecule has 204 valence electrons. The number of likely N-dealkylation sites (N-methyl/N-ethyl adjacent to an activating group) is 1. The van der Waals surface area contributed by atoms with Crippen LogP contribution in [0.25, 0.3) is 0 Å². The molecule has 2 amide bonds. The van der Waals surface area contributed by atoms with Gasteiger partial charge in [0.1, 0.15) is 11.3 Å². The van der Waals surface area contributed by atoms with Crippen LogP contribution in [0.3, 0.4) is 0 Å². The summed E-state index contributed by atoms with van der Waals surface area (Å²) in [4.78, 5) is 33.1. The van der Waals surface area contributed by atoms with E-state index in [-0.39, 0.29) is 29.1 Å². The zero-order valence-electron chi connectivity index (χ0n) is 24.0. The van der Waals surface area contributed by atoms with Crippen LogP contribution in [-0.2, 0) is 26.9 Å². The summed E-state index contributed by atoms with van der Waals surface area (Å²) in [5.74, 6) is -0.152. The number of ether oxygens (including phenoxy) is 2. The molecule has 9 heteroatoms. The number of hydrogen-bond acceptors (Lipinski definition) is 5. The Balaban J connectivity index is 2.25. The van der Waals surface area contributed by atoms with Gasteiger partial charge in [0, 0.05) is 24.8 Å². The zero-order valence-corrected chi connectivity index (χ0v) is 25.0. The van der Waals surface area contributed by atoms with Gasteiger partial charge in [-0.25, -0.2) is 4.79 Å². The number of hydrogen-bond donors (Lipinski definition) is 1. The molecule has 0 spiro atoms. The fourth-order valence-corrected chi connectivity index (χ4v) is 4.83. The standard InChI is InChI=1S/C27H47N3O5Si/c1-12-13-33-17-21(18-34-36(10,11)27(6,7)8)29(9)24(31)23-22-16-30(25(32)35-26(3,4)5)19(2)14-20(22)15-28-23/h12,15,19,21,28H,1,13-14,16-18H2,2-11H3/t19-,21-/m1/s1. The fraction of sp³-hybridized carbons (Fsp3) is 0.704. The fourth-order valence-electron chi connectivity index (χ4n) is 3.79. The molecular weight excluding hydrogens is 474 g/mol. The Labute approximate surface area is 218 Å². The molecule has 1 aromatic rings. The number of H-pyrrole nitrogens is 1. The summed E-state index contributed by atoms with van der Waals surface area (Å²) >= 11 is 0. The van der Waals surface area contributed by atoms with Gasteiger partial charge in [0.15, 0.2) is 8.32 Å². The Bertz CT molecular complexity index is 929. The van der Waals surface area contributed by atoms with Crippen molar-refractivity contribution >= 4 is 20.3 Å². The van der Waals surface area contributed by atoms with Gasteiger partial charge in [-0.3, -0.25) is 4.79 Å². The lowest BCUT2D eigenvalue weighted by Crippen LogP contribution is -2.49. The number of rotatable bonds is 9. The van der Waals surface area contributed by atoms with Gasteiger partial charge in [-0.2, -0.15) is 0 Å². The molecule has 0 saturated carbocycles. The molecule has 0 saturated heterocycles. The van der Waals surface area contributed by atoms with Gasteiger partial charge in [0.05, 0.1) is 32.4 Å². The Hall–Kier alpha value is -2.10. The minimum atomic E-state index is -2.01. The van der Waals surface area contributed by atoms with E-state index in [1.165, 1.54) is 0 Å². The summed E-state index contributed by atoms with van der Waals surface area (Å²) in [7, 11) is -0.233. The molecule has 0 fully saturated rings. The first-order valence-corrected chi connectivity index (χ1v) is 15.7. The predicted molar refractivity (Wildman–Crippen MR) is 146 cm³/mol. The molecule has 0 aromatic carbocycles. The predicted octanol–water partition coefficient (Wildman–Crippen LogP) is 5.36. The van der Waals surface area contributed by atoms with Gasteiger partial charge in [-0.1, -0.05) is 26.8 Å². The molecular formula is C27H47N3O5Si. The minimum absolute atomic E-state index is 0.0260. The third-order valence-corrected chi connectivity index (χ3v) is 11.7. The highest BCUT2D eigenvalue weighted by molar-refractivity contribution is 6.74. The number of carbonyl (C=O) groups excluding carboxylic acids is 2. The van der Waals surface area contributed by atoms with Gasteiger partial charge in [-0.05, 0) is 57.8 Å². The van der Waals surface area contributed by atoms with Crippen LogP contribution < -0.4 is 0 Å². The van der Waals surface area contributed by atoms with Gasteiger partial charge >= 0.3 is 6.09 Å². The average Bonchev–Trinajstić information content (AvgIpc) is 3.15. The number of aromatic nitrogens is 1. The Morgan fingerprint density at radius 3 is 2.44 bits per heavy atom. The molecule has 36 heavy (non-hydrogen) atoms. The van der Waals surface area contributed by atoms with Gasteiger partial charge < -0.3 is 28.7 Å². The number of carbonyl (C=O) groups is 2. The molecule has 2 heterocycles. The number of aromatic amines is 1. The van der Waals surface area contributed by atoms with E-state index >= 15 is 0 Å². The molecule has 1 aliphatic rings. The molecule has 0 aliphatic carbocycles. The van der Waals surface area contributed by atoms with Crippen molar-refractivity contribution in [3.63, 3.8) is 0 Å². The van der Waals surface area contributed by atoms with E-state index in [2.05, 4.69) is 45.4 Å². The molecule has 1 aliphatic heterocycles. The van der Waals surface area contributed by atoms with Crippen LogP contribution in [0.5, 0.6) is 0 Å². The second-order valence-corrected chi connectivity index (χ2v) is 17.1. The summed E-state index contributed by atoms with van der Waals surface area (Å²) in [6.07, 6.45) is 3.87. The van der Waals surface area contributed by atoms with Crippen molar-refractivity contribution in [3.8, 4) is 0 Å². The molecule has 1 aromatic heterocycles. The highest BCUT2D eigenvalue weighted by atomic mass is 28.4. The summed E-state index contributed by atoms with van der Waals surface area (Å²) in [5.41, 5.74) is 1.80. The highest BCUT2D eigenvalue weighted by Gasteiger charge is 2.39. The zero-order chi connectivity index (χ0) is 27.5. The van der Waals surface area contributed by atoms with Crippen molar-refractivity contribution < 1.29 is 23.5 Å². The van der Waals surface area contributed by atoms with E-state index in [4.69, 9.17) is 13.9 Å². The van der Waals surface area contributed by atoms with Gasteiger partial charge in [-0.15, -0.1) is 6.58 Å². The monoisotopic (exact) mass is 521 g/mol. The normalized spacial score (nSPS) is 17.4. The third kappa shape index (κ3) is 7.46. The lowest BCUT2D eigenvalue weighted by Gasteiger charge is -2.38. The minimum Gasteiger partial charge on any atom is -0.444 e. The van der Waals surface area contributed by atoms with E-state index in [9.17, 15) is 9.59 Å². The number of amides is 2. The first-order chi connectivity index (χ1) is 16.5. The Morgan fingerprint density at radius 2 is 1.89 bits per heavy atom. The van der Waals surface area contributed by atoms with Crippen molar-refractivity contribution in [3.05, 3.63) is 35.7 Å². The first kappa shape index (κ1) is 30.1. The van der Waals surface area contributed by atoms with Crippen LogP contribution in [0.4, 0.5) is 4.79 Å². The molecule has 2 rings (SSSR count). The molecule has 8 nitrogen and oxygen atoms in total. The van der Waals surface area contributed by atoms with E-state index in [0.29, 0.717) is 38.5 Å². The van der Waals surface area contributed by atoms with E-state index < -0.39 is 13.9 Å². The lowest BCUT2D eigenvalue weighted by molar-refractivity contribution is 0.0136. The first-order valence-electron chi connectivity index (χ1n) is 12.8. The number of fused-ring (bicyclic) bond motifs is 1. The number of nitrogens with zero attached hydrogens (tertiary/aromatic N) is 2. The van der Waals surface area contributed by atoms with Crippen molar-refractivity contribution in [1.29, 1.82) is 0 Å². The summed E-state index contributed by atoms with van der Waals surface area (Å²) < 4.78 is 17.8. The summed E-state index contributed by atoms with van der Waals surface area (Å²) in [6, 6.07) is -0.295. The quantitative estimate of drug-likeness (QED) is 0.269. The maximum absolute atomic E-state index is 13.7. The molecule has 0 bridgehead atoms. The van der Waals surface area contributed by atoms with Crippen LogP contribution >= 0.6 is 0 Å². The smallest absolute Gasteiger partial charge is 0.410 e. The van der Waals surface area contributed by atoms with E-state index in [1.807, 2.05) is 33.9 Å². The lowest BCUT2D eigenvalue weighted by atomic mass is 9.97. The van der Waals surface area contributed by atoms with Crippen LogP contribution in [0.2, 0.25) is 18.1 Å². The maximum Gasteiger partial charge on any atom is 0.410 e. The van der Waals surface area contributed by atoms with Crippen molar-refractivity contribution in [2.75, 3.05) is 26.9 Å². The van der Waals surface area contributed by atoms with Gasteiger partial charge in [0.2, 0.25) is 0 Å². The van der Waals surface area contributed by atoms with E-state index in [0.717, 1.165) is 11.1 Å². The van der Waals surface area contributed by atoms with Crippen LogP contribution in [0.1, 0.15) is 70.1 Å². The molecule has 0 unspecified atom stereocenters. The van der Waals surface area contributed by atoms with Crippen LogP contribution in [0, 0.1) is 0 Å². The summed E-state index contributed by atoms with van der Waals surface area (Å²) in [6.45, 7) is 23.7. The van der Waals surface area contributed by atoms with E-state index in [1.54, 1.807) is 22.9 Å². The molecule has 1 N–H and O–H groups in total. The van der Waals surface area contributed by atoms with Crippen LogP contribution in [-0.4, -0.2) is 79.7 Å².